The zero-order chi connectivity index (χ0) is 13.0. The van der Waals surface area contributed by atoms with Crippen molar-refractivity contribution < 1.29 is 19.4 Å². The number of hydrogen-bond acceptors (Lipinski definition) is 6. The molecule has 0 aromatic heterocycles. The molecular formula is C9H8N2O6. The maximum absolute atomic E-state index is 11.3. The summed E-state index contributed by atoms with van der Waals surface area (Å²) in [6.07, 6.45) is 0. The number of benzene rings is 1. The first kappa shape index (κ1) is 12.6. The molecule has 0 saturated carbocycles. The minimum atomic E-state index is -0.916. The van der Waals surface area contributed by atoms with Crippen LogP contribution >= 0.6 is 0 Å². The van der Waals surface area contributed by atoms with Crippen LogP contribution in [0.2, 0.25) is 0 Å². The summed E-state index contributed by atoms with van der Waals surface area (Å²) >= 11 is 0. The SMILES string of the molecule is CCOC(=O)c1ccc([N+](=O)[O-])c([N+](=O)[O-])c1. The van der Waals surface area contributed by atoms with Crippen LogP contribution in [0.25, 0.3) is 0 Å². The van der Waals surface area contributed by atoms with Crippen molar-refractivity contribution in [2.45, 2.75) is 6.92 Å². The molecule has 0 fully saturated rings. The molecule has 0 aliphatic carbocycles. The number of rotatable bonds is 4. The van der Waals surface area contributed by atoms with Gasteiger partial charge in [-0.25, -0.2) is 4.79 Å². The monoisotopic (exact) mass is 240 g/mol. The summed E-state index contributed by atoms with van der Waals surface area (Å²) in [5.41, 5.74) is -1.49. The largest absolute Gasteiger partial charge is 0.462 e. The van der Waals surface area contributed by atoms with Crippen molar-refractivity contribution >= 4 is 17.3 Å². The quantitative estimate of drug-likeness (QED) is 0.449. The molecule has 0 amide bonds. The average molecular weight is 240 g/mol. The Balaban J connectivity index is 3.23. The Morgan fingerprint density at radius 1 is 1.24 bits per heavy atom. The van der Waals surface area contributed by atoms with E-state index in [0.717, 1.165) is 18.2 Å². The number of nitrogens with zero attached hydrogens (tertiary/aromatic N) is 2. The highest BCUT2D eigenvalue weighted by Crippen LogP contribution is 2.27. The molecule has 8 heteroatoms. The van der Waals surface area contributed by atoms with Gasteiger partial charge in [0.15, 0.2) is 0 Å². The average Bonchev–Trinajstić information content (AvgIpc) is 2.28. The summed E-state index contributed by atoms with van der Waals surface area (Å²) in [5.74, 6) is -0.759. The summed E-state index contributed by atoms with van der Waals surface area (Å²) in [4.78, 5) is 30.6. The van der Waals surface area contributed by atoms with E-state index < -0.39 is 27.2 Å². The Bertz CT molecular complexity index is 484. The van der Waals surface area contributed by atoms with Gasteiger partial charge in [-0.1, -0.05) is 0 Å². The van der Waals surface area contributed by atoms with Gasteiger partial charge in [0.1, 0.15) is 0 Å². The summed E-state index contributed by atoms with van der Waals surface area (Å²) in [6.45, 7) is 1.70. The predicted octanol–water partition coefficient (Wildman–Crippen LogP) is 1.68. The third kappa shape index (κ3) is 2.74. The highest BCUT2D eigenvalue weighted by Gasteiger charge is 2.25. The lowest BCUT2D eigenvalue weighted by Gasteiger charge is -2.01. The van der Waals surface area contributed by atoms with Gasteiger partial charge in [-0.05, 0) is 13.0 Å². The van der Waals surface area contributed by atoms with Crippen LogP contribution in [0.5, 0.6) is 0 Å². The highest BCUT2D eigenvalue weighted by atomic mass is 16.6. The van der Waals surface area contributed by atoms with Crippen molar-refractivity contribution in [1.29, 1.82) is 0 Å². The zero-order valence-corrected chi connectivity index (χ0v) is 8.78. The minimum absolute atomic E-state index is 0.0934. The molecule has 0 bridgehead atoms. The summed E-state index contributed by atoms with van der Waals surface area (Å²) in [7, 11) is 0. The molecule has 8 nitrogen and oxygen atoms in total. The van der Waals surface area contributed by atoms with Crippen LogP contribution in [-0.4, -0.2) is 22.4 Å². The summed E-state index contributed by atoms with van der Waals surface area (Å²) in [6, 6.07) is 2.85. The first-order valence-corrected chi connectivity index (χ1v) is 4.57. The van der Waals surface area contributed by atoms with Gasteiger partial charge in [-0.15, -0.1) is 0 Å². The second kappa shape index (κ2) is 5.01. The van der Waals surface area contributed by atoms with E-state index in [4.69, 9.17) is 0 Å². The van der Waals surface area contributed by atoms with E-state index in [1.54, 1.807) is 6.92 Å². The number of nitro benzene ring substituents is 2. The smallest absolute Gasteiger partial charge is 0.346 e. The van der Waals surface area contributed by atoms with E-state index >= 15 is 0 Å². The fourth-order valence-corrected chi connectivity index (χ4v) is 1.17. The van der Waals surface area contributed by atoms with Gasteiger partial charge in [0.25, 0.3) is 0 Å². The molecule has 0 aliphatic rings. The molecule has 0 atom stereocenters. The molecule has 1 rings (SSSR count). The third-order valence-electron chi connectivity index (χ3n) is 1.88. The van der Waals surface area contributed by atoms with Crippen LogP contribution in [0.3, 0.4) is 0 Å². The second-order valence-corrected chi connectivity index (χ2v) is 2.94. The molecule has 0 unspecified atom stereocenters. The van der Waals surface area contributed by atoms with E-state index in [0.29, 0.717) is 0 Å². The number of carbonyl (C=O) groups excluding carboxylic acids is 1. The zero-order valence-electron chi connectivity index (χ0n) is 8.78. The van der Waals surface area contributed by atoms with Gasteiger partial charge < -0.3 is 4.74 Å². The van der Waals surface area contributed by atoms with Crippen LogP contribution in [0.1, 0.15) is 17.3 Å². The standard InChI is InChI=1S/C9H8N2O6/c1-2-17-9(12)6-3-4-7(10(13)14)8(5-6)11(15)16/h3-5H,2H2,1H3. The fraction of sp³-hybridized carbons (Fsp3) is 0.222. The van der Waals surface area contributed by atoms with Crippen LogP contribution < -0.4 is 0 Å². The van der Waals surface area contributed by atoms with Crippen molar-refractivity contribution in [2.75, 3.05) is 6.61 Å². The predicted molar refractivity (Wildman–Crippen MR) is 55.7 cm³/mol. The van der Waals surface area contributed by atoms with Crippen LogP contribution in [-0.2, 0) is 4.74 Å². The Kier molecular flexibility index (Phi) is 3.70. The molecule has 1 aromatic rings. The van der Waals surface area contributed by atoms with E-state index in [1.165, 1.54) is 0 Å². The lowest BCUT2D eigenvalue weighted by atomic mass is 10.2. The number of hydrogen-bond donors (Lipinski definition) is 0. The van der Waals surface area contributed by atoms with Crippen LogP contribution in [0.15, 0.2) is 18.2 Å². The lowest BCUT2D eigenvalue weighted by molar-refractivity contribution is -0.422. The fourth-order valence-electron chi connectivity index (χ4n) is 1.17. The number of esters is 1. The highest BCUT2D eigenvalue weighted by molar-refractivity contribution is 5.90. The third-order valence-corrected chi connectivity index (χ3v) is 1.88. The second-order valence-electron chi connectivity index (χ2n) is 2.94. The normalized spacial score (nSPS) is 9.71. The summed E-state index contributed by atoms with van der Waals surface area (Å²) < 4.78 is 4.63. The van der Waals surface area contributed by atoms with Gasteiger partial charge in [0.2, 0.25) is 0 Å². The molecular weight excluding hydrogens is 232 g/mol. The van der Waals surface area contributed by atoms with Gasteiger partial charge >= 0.3 is 17.3 Å². The van der Waals surface area contributed by atoms with Crippen molar-refractivity contribution in [3.63, 3.8) is 0 Å². The van der Waals surface area contributed by atoms with Gasteiger partial charge in [0, 0.05) is 12.1 Å². The topological polar surface area (TPSA) is 113 Å². The van der Waals surface area contributed by atoms with Crippen molar-refractivity contribution in [3.05, 3.63) is 44.0 Å². The molecule has 0 saturated heterocycles. The van der Waals surface area contributed by atoms with Crippen LogP contribution in [0, 0.1) is 20.2 Å². The van der Waals surface area contributed by atoms with E-state index in [2.05, 4.69) is 4.74 Å². The van der Waals surface area contributed by atoms with Crippen molar-refractivity contribution in [2.24, 2.45) is 0 Å². The molecule has 0 radical (unpaired) electrons. The maximum Gasteiger partial charge on any atom is 0.346 e. The first-order chi connectivity index (χ1) is 7.97. The molecule has 0 spiro atoms. The Morgan fingerprint density at radius 3 is 2.29 bits per heavy atom. The maximum atomic E-state index is 11.3. The van der Waals surface area contributed by atoms with Crippen molar-refractivity contribution in [3.8, 4) is 0 Å². The lowest BCUT2D eigenvalue weighted by Crippen LogP contribution is -2.06. The molecule has 0 N–H and O–H groups in total. The van der Waals surface area contributed by atoms with Crippen LogP contribution in [0.4, 0.5) is 11.4 Å². The Morgan fingerprint density at radius 2 is 1.82 bits per heavy atom. The molecule has 1 aromatic carbocycles. The Labute approximate surface area is 95.1 Å². The minimum Gasteiger partial charge on any atom is -0.462 e. The molecule has 0 aliphatic heterocycles. The molecule has 90 valence electrons. The van der Waals surface area contributed by atoms with Gasteiger partial charge in [-0.2, -0.15) is 0 Å². The number of ether oxygens (including phenoxy) is 1. The molecule has 17 heavy (non-hydrogen) atoms. The van der Waals surface area contributed by atoms with E-state index in [9.17, 15) is 25.0 Å². The molecule has 0 heterocycles. The van der Waals surface area contributed by atoms with E-state index in [1.807, 2.05) is 0 Å². The first-order valence-electron chi connectivity index (χ1n) is 4.57. The summed E-state index contributed by atoms with van der Waals surface area (Å²) in [5, 5.41) is 21.1. The van der Waals surface area contributed by atoms with E-state index in [-0.39, 0.29) is 12.2 Å². The van der Waals surface area contributed by atoms with Gasteiger partial charge in [0.05, 0.1) is 22.0 Å². The number of nitro groups is 2. The Hall–Kier alpha value is -2.51. The van der Waals surface area contributed by atoms with Crippen molar-refractivity contribution in [1.82, 2.24) is 0 Å². The van der Waals surface area contributed by atoms with Gasteiger partial charge in [-0.3, -0.25) is 20.2 Å². The number of carbonyl (C=O) groups is 1.